The lowest BCUT2D eigenvalue weighted by atomic mass is 10.0. The summed E-state index contributed by atoms with van der Waals surface area (Å²) in [5.74, 6) is 0. The number of rotatable bonds is 5. The minimum absolute atomic E-state index is 0. The van der Waals surface area contributed by atoms with Crippen LogP contribution in [0.4, 0.5) is 0 Å². The summed E-state index contributed by atoms with van der Waals surface area (Å²) in [6, 6.07) is 5.45. The van der Waals surface area contributed by atoms with Crippen LogP contribution in [0.1, 0.15) is 44.2 Å². The van der Waals surface area contributed by atoms with E-state index in [4.69, 9.17) is 28.9 Å². The molecule has 1 aromatic rings. The Hall–Kier alpha value is 0.0500. The predicted octanol–water partition coefficient (Wildman–Crippen LogP) is 5.00. The van der Waals surface area contributed by atoms with E-state index >= 15 is 0 Å². The number of benzene rings is 1. The van der Waals surface area contributed by atoms with Gasteiger partial charge in [-0.2, -0.15) is 0 Å². The van der Waals surface area contributed by atoms with Crippen molar-refractivity contribution in [2.24, 2.45) is 5.73 Å². The van der Waals surface area contributed by atoms with Crippen LogP contribution < -0.4 is 5.73 Å². The molecule has 0 heterocycles. The Labute approximate surface area is 114 Å². The van der Waals surface area contributed by atoms with Crippen LogP contribution in [0.15, 0.2) is 18.2 Å². The minimum atomic E-state index is 0. The monoisotopic (exact) mass is 281 g/mol. The summed E-state index contributed by atoms with van der Waals surface area (Å²) in [5.41, 5.74) is 7.02. The molecule has 0 radical (unpaired) electrons. The zero-order valence-electron chi connectivity index (χ0n) is 9.38. The first-order valence-corrected chi connectivity index (χ1v) is 6.11. The van der Waals surface area contributed by atoms with Crippen LogP contribution >= 0.6 is 35.6 Å². The van der Waals surface area contributed by atoms with Crippen molar-refractivity contribution in [2.45, 2.75) is 38.6 Å². The standard InChI is InChI=1S/C12H17Cl2N.ClH/c1-2-3-4-5-12(15)10-8-9(13)6-7-11(10)14;/h6-8,12H,2-5,15H2,1H3;1H/t12-;/m0./s1. The van der Waals surface area contributed by atoms with Gasteiger partial charge in [0.1, 0.15) is 0 Å². The Balaban J connectivity index is 0.00000225. The summed E-state index contributed by atoms with van der Waals surface area (Å²) < 4.78 is 0. The van der Waals surface area contributed by atoms with E-state index in [1.165, 1.54) is 12.8 Å². The molecule has 1 nitrogen and oxygen atoms in total. The van der Waals surface area contributed by atoms with Gasteiger partial charge in [0.15, 0.2) is 0 Å². The van der Waals surface area contributed by atoms with Crippen LogP contribution in [-0.2, 0) is 0 Å². The third kappa shape index (κ3) is 4.92. The van der Waals surface area contributed by atoms with Crippen molar-refractivity contribution < 1.29 is 0 Å². The summed E-state index contributed by atoms with van der Waals surface area (Å²) >= 11 is 12.0. The van der Waals surface area contributed by atoms with Gasteiger partial charge >= 0.3 is 0 Å². The second kappa shape index (κ2) is 8.19. The van der Waals surface area contributed by atoms with E-state index < -0.39 is 0 Å². The van der Waals surface area contributed by atoms with Gasteiger partial charge in [0.05, 0.1) is 0 Å². The van der Waals surface area contributed by atoms with Gasteiger partial charge in [0, 0.05) is 16.1 Å². The van der Waals surface area contributed by atoms with E-state index in [-0.39, 0.29) is 18.4 Å². The van der Waals surface area contributed by atoms with Crippen molar-refractivity contribution in [1.82, 2.24) is 0 Å². The molecule has 0 aromatic heterocycles. The van der Waals surface area contributed by atoms with Crippen molar-refractivity contribution in [3.63, 3.8) is 0 Å². The summed E-state index contributed by atoms with van der Waals surface area (Å²) in [6.07, 6.45) is 4.52. The Morgan fingerprint density at radius 3 is 2.56 bits per heavy atom. The third-order valence-corrected chi connectivity index (χ3v) is 3.06. The largest absolute Gasteiger partial charge is 0.324 e. The molecule has 4 heteroatoms. The molecule has 92 valence electrons. The van der Waals surface area contributed by atoms with Crippen LogP contribution in [0.25, 0.3) is 0 Å². The number of hydrogen-bond donors (Lipinski definition) is 1. The molecule has 0 amide bonds. The van der Waals surface area contributed by atoms with Gasteiger partial charge in [-0.05, 0) is 30.2 Å². The first-order valence-electron chi connectivity index (χ1n) is 5.35. The number of nitrogens with two attached hydrogens (primary N) is 1. The molecule has 0 unspecified atom stereocenters. The van der Waals surface area contributed by atoms with Gasteiger partial charge in [0.25, 0.3) is 0 Å². The highest BCUT2D eigenvalue weighted by atomic mass is 35.5. The maximum Gasteiger partial charge on any atom is 0.0454 e. The molecule has 2 N–H and O–H groups in total. The van der Waals surface area contributed by atoms with Crippen molar-refractivity contribution in [3.05, 3.63) is 33.8 Å². The van der Waals surface area contributed by atoms with Crippen LogP contribution in [0.2, 0.25) is 10.0 Å². The molecule has 1 atom stereocenters. The first-order chi connectivity index (χ1) is 7.15. The van der Waals surface area contributed by atoms with Crippen LogP contribution in [0, 0.1) is 0 Å². The molecule has 0 fully saturated rings. The average Bonchev–Trinajstić information content (AvgIpc) is 2.22. The molecule has 0 aliphatic heterocycles. The topological polar surface area (TPSA) is 26.0 Å². The molecule has 0 spiro atoms. The lowest BCUT2D eigenvalue weighted by Crippen LogP contribution is -2.10. The second-order valence-corrected chi connectivity index (χ2v) is 4.61. The van der Waals surface area contributed by atoms with Crippen molar-refractivity contribution in [3.8, 4) is 0 Å². The van der Waals surface area contributed by atoms with Gasteiger partial charge < -0.3 is 5.73 Å². The molecular weight excluding hydrogens is 264 g/mol. The maximum atomic E-state index is 6.07. The highest BCUT2D eigenvalue weighted by Gasteiger charge is 2.10. The second-order valence-electron chi connectivity index (χ2n) is 3.77. The van der Waals surface area contributed by atoms with Gasteiger partial charge in [-0.3, -0.25) is 0 Å². The normalized spacial score (nSPS) is 12.0. The van der Waals surface area contributed by atoms with E-state index in [0.717, 1.165) is 18.4 Å². The van der Waals surface area contributed by atoms with Crippen molar-refractivity contribution >= 4 is 35.6 Å². The number of unbranched alkanes of at least 4 members (excludes halogenated alkanes) is 2. The number of hydrogen-bond acceptors (Lipinski definition) is 1. The van der Waals surface area contributed by atoms with E-state index in [1.54, 1.807) is 12.1 Å². The molecular formula is C12H18Cl3N. The van der Waals surface area contributed by atoms with Gasteiger partial charge in [-0.1, -0.05) is 49.4 Å². The zero-order chi connectivity index (χ0) is 11.3. The maximum absolute atomic E-state index is 6.07. The Morgan fingerprint density at radius 1 is 1.25 bits per heavy atom. The van der Waals surface area contributed by atoms with E-state index in [2.05, 4.69) is 6.92 Å². The summed E-state index contributed by atoms with van der Waals surface area (Å²) in [4.78, 5) is 0. The van der Waals surface area contributed by atoms with Gasteiger partial charge in [-0.25, -0.2) is 0 Å². The summed E-state index contributed by atoms with van der Waals surface area (Å²) in [6.45, 7) is 2.18. The minimum Gasteiger partial charge on any atom is -0.324 e. The predicted molar refractivity (Wildman–Crippen MR) is 74.8 cm³/mol. The fourth-order valence-corrected chi connectivity index (χ4v) is 2.01. The Morgan fingerprint density at radius 2 is 1.94 bits per heavy atom. The molecule has 1 rings (SSSR count). The highest BCUT2D eigenvalue weighted by Crippen LogP contribution is 2.27. The number of halogens is 3. The molecule has 0 saturated carbocycles. The Kier molecular flexibility index (Phi) is 8.21. The van der Waals surface area contributed by atoms with Gasteiger partial charge in [0.2, 0.25) is 0 Å². The van der Waals surface area contributed by atoms with Crippen molar-refractivity contribution in [2.75, 3.05) is 0 Å². The fraction of sp³-hybridized carbons (Fsp3) is 0.500. The lowest BCUT2D eigenvalue weighted by molar-refractivity contribution is 0.581. The lowest BCUT2D eigenvalue weighted by Gasteiger charge is -2.13. The Bertz CT molecular complexity index is 315. The van der Waals surface area contributed by atoms with E-state index in [0.29, 0.717) is 10.0 Å². The molecule has 16 heavy (non-hydrogen) atoms. The van der Waals surface area contributed by atoms with Crippen LogP contribution in [0.3, 0.4) is 0 Å². The van der Waals surface area contributed by atoms with E-state index in [1.807, 2.05) is 6.07 Å². The average molecular weight is 283 g/mol. The molecule has 0 bridgehead atoms. The molecule has 1 aromatic carbocycles. The summed E-state index contributed by atoms with van der Waals surface area (Å²) in [7, 11) is 0. The van der Waals surface area contributed by atoms with Crippen LogP contribution in [-0.4, -0.2) is 0 Å². The quantitative estimate of drug-likeness (QED) is 0.756. The zero-order valence-corrected chi connectivity index (χ0v) is 11.7. The smallest absolute Gasteiger partial charge is 0.0454 e. The highest BCUT2D eigenvalue weighted by molar-refractivity contribution is 6.33. The van der Waals surface area contributed by atoms with Gasteiger partial charge in [-0.15, -0.1) is 12.4 Å². The summed E-state index contributed by atoms with van der Waals surface area (Å²) in [5, 5.41) is 1.41. The first kappa shape index (κ1) is 16.1. The molecule has 0 aliphatic carbocycles. The molecule has 0 aliphatic rings. The third-order valence-electron chi connectivity index (χ3n) is 2.48. The van der Waals surface area contributed by atoms with E-state index in [9.17, 15) is 0 Å². The fourth-order valence-electron chi connectivity index (χ4n) is 1.57. The van der Waals surface area contributed by atoms with Crippen molar-refractivity contribution in [1.29, 1.82) is 0 Å². The van der Waals surface area contributed by atoms with Crippen LogP contribution in [0.5, 0.6) is 0 Å². The molecule has 0 saturated heterocycles. The SMILES string of the molecule is CCCCC[C@H](N)c1cc(Cl)ccc1Cl.Cl.